The van der Waals surface area contributed by atoms with Crippen LogP contribution in [-0.2, 0) is 4.79 Å². The summed E-state index contributed by atoms with van der Waals surface area (Å²) in [5, 5.41) is 8.80. The number of hydrogen-bond acceptors (Lipinski definition) is 3. The fraction of sp³-hybridized carbons (Fsp3) is 0.900. The van der Waals surface area contributed by atoms with E-state index in [0.717, 1.165) is 19.6 Å². The first-order chi connectivity index (χ1) is 6.65. The van der Waals surface area contributed by atoms with E-state index in [1.165, 1.54) is 12.2 Å². The van der Waals surface area contributed by atoms with E-state index in [2.05, 4.69) is 11.2 Å². The smallest absolute Gasteiger partial charge is 0.306 e. The molecule has 1 saturated heterocycles. The standard InChI is InChI=1S/C10H19NO2S/c1-8(10(12)13)9-6-11(7-9)4-3-5-14-2/h8-9H,3-7H2,1-2H3,(H,12,13). The van der Waals surface area contributed by atoms with Gasteiger partial charge in [-0.1, -0.05) is 6.92 Å². The van der Waals surface area contributed by atoms with Gasteiger partial charge in [0.1, 0.15) is 0 Å². The third-order valence-electron chi connectivity index (χ3n) is 2.90. The molecule has 4 heteroatoms. The summed E-state index contributed by atoms with van der Waals surface area (Å²) in [5.74, 6) is 0.752. The molecule has 1 fully saturated rings. The maximum absolute atomic E-state index is 10.7. The Hall–Kier alpha value is -0.220. The molecule has 14 heavy (non-hydrogen) atoms. The Bertz CT molecular complexity index is 193. The minimum atomic E-state index is -0.654. The summed E-state index contributed by atoms with van der Waals surface area (Å²) in [6, 6.07) is 0. The predicted octanol–water partition coefficient (Wildman–Crippen LogP) is 1.39. The van der Waals surface area contributed by atoms with E-state index in [0.29, 0.717) is 5.92 Å². The van der Waals surface area contributed by atoms with Crippen LogP contribution in [-0.4, -0.2) is 47.6 Å². The topological polar surface area (TPSA) is 40.5 Å². The van der Waals surface area contributed by atoms with E-state index in [9.17, 15) is 4.79 Å². The van der Waals surface area contributed by atoms with Gasteiger partial charge in [-0.15, -0.1) is 0 Å². The molecule has 0 radical (unpaired) electrons. The van der Waals surface area contributed by atoms with E-state index >= 15 is 0 Å². The van der Waals surface area contributed by atoms with Crippen LogP contribution in [0.5, 0.6) is 0 Å². The van der Waals surface area contributed by atoms with Crippen LogP contribution >= 0.6 is 11.8 Å². The summed E-state index contributed by atoms with van der Waals surface area (Å²) in [4.78, 5) is 13.0. The van der Waals surface area contributed by atoms with Crippen molar-refractivity contribution < 1.29 is 9.90 Å². The fourth-order valence-corrected chi connectivity index (χ4v) is 2.16. The highest BCUT2D eigenvalue weighted by atomic mass is 32.2. The van der Waals surface area contributed by atoms with Gasteiger partial charge in [0.15, 0.2) is 0 Å². The molecule has 0 saturated carbocycles. The van der Waals surface area contributed by atoms with Crippen LogP contribution in [0.15, 0.2) is 0 Å². The Labute approximate surface area is 89.9 Å². The number of rotatable bonds is 6. The monoisotopic (exact) mass is 217 g/mol. The number of carboxylic acids is 1. The van der Waals surface area contributed by atoms with Crippen molar-refractivity contribution >= 4 is 17.7 Å². The van der Waals surface area contributed by atoms with Gasteiger partial charge in [0.05, 0.1) is 5.92 Å². The normalized spacial score (nSPS) is 20.4. The van der Waals surface area contributed by atoms with E-state index in [1.54, 1.807) is 0 Å². The van der Waals surface area contributed by atoms with Gasteiger partial charge in [0, 0.05) is 13.1 Å². The van der Waals surface area contributed by atoms with Crippen LogP contribution in [0.3, 0.4) is 0 Å². The van der Waals surface area contributed by atoms with Gasteiger partial charge in [-0.05, 0) is 30.9 Å². The quantitative estimate of drug-likeness (QED) is 0.683. The molecule has 3 nitrogen and oxygen atoms in total. The average molecular weight is 217 g/mol. The molecule has 1 aliphatic rings. The minimum absolute atomic E-state index is 0.174. The summed E-state index contributed by atoms with van der Waals surface area (Å²) in [6.45, 7) is 4.89. The second-order valence-electron chi connectivity index (χ2n) is 3.99. The first kappa shape index (κ1) is 11.9. The summed E-state index contributed by atoms with van der Waals surface area (Å²) in [6.07, 6.45) is 3.33. The van der Waals surface area contributed by atoms with E-state index < -0.39 is 5.97 Å². The van der Waals surface area contributed by atoms with Crippen LogP contribution in [0.2, 0.25) is 0 Å². The number of aliphatic carboxylic acids is 1. The summed E-state index contributed by atoms with van der Waals surface area (Å²) in [7, 11) is 0. The van der Waals surface area contributed by atoms with Crippen LogP contribution in [0, 0.1) is 11.8 Å². The van der Waals surface area contributed by atoms with Crippen molar-refractivity contribution in [3.63, 3.8) is 0 Å². The van der Waals surface area contributed by atoms with Gasteiger partial charge in [0.25, 0.3) is 0 Å². The Morgan fingerprint density at radius 3 is 2.79 bits per heavy atom. The molecule has 1 atom stereocenters. The summed E-state index contributed by atoms with van der Waals surface area (Å²) < 4.78 is 0. The second kappa shape index (κ2) is 5.61. The lowest BCUT2D eigenvalue weighted by molar-refractivity contribution is -0.145. The molecular weight excluding hydrogens is 198 g/mol. The lowest BCUT2D eigenvalue weighted by Crippen LogP contribution is -2.51. The Balaban J connectivity index is 2.08. The van der Waals surface area contributed by atoms with Gasteiger partial charge in [-0.2, -0.15) is 11.8 Å². The third kappa shape index (κ3) is 3.17. The summed E-state index contributed by atoms with van der Waals surface area (Å²) in [5.41, 5.74) is 0. The zero-order chi connectivity index (χ0) is 10.6. The van der Waals surface area contributed by atoms with Gasteiger partial charge in [0.2, 0.25) is 0 Å². The predicted molar refractivity (Wildman–Crippen MR) is 59.7 cm³/mol. The Morgan fingerprint density at radius 1 is 1.64 bits per heavy atom. The van der Waals surface area contributed by atoms with Gasteiger partial charge in [-0.25, -0.2) is 0 Å². The lowest BCUT2D eigenvalue weighted by Gasteiger charge is -2.41. The van der Waals surface area contributed by atoms with Crippen LogP contribution in [0.25, 0.3) is 0 Å². The van der Waals surface area contributed by atoms with Crippen LogP contribution in [0.4, 0.5) is 0 Å². The molecule has 1 aliphatic heterocycles. The van der Waals surface area contributed by atoms with Gasteiger partial charge < -0.3 is 10.0 Å². The fourth-order valence-electron chi connectivity index (χ4n) is 1.74. The SMILES string of the molecule is CSCCCN1CC(C(C)C(=O)O)C1. The number of hydrogen-bond donors (Lipinski definition) is 1. The van der Waals surface area contributed by atoms with E-state index in [4.69, 9.17) is 5.11 Å². The highest BCUT2D eigenvalue weighted by molar-refractivity contribution is 7.98. The maximum Gasteiger partial charge on any atom is 0.306 e. The lowest BCUT2D eigenvalue weighted by atomic mass is 9.87. The molecule has 0 aromatic rings. The Kier molecular flexibility index (Phi) is 4.75. The van der Waals surface area contributed by atoms with Crippen molar-refractivity contribution in [3.05, 3.63) is 0 Å². The van der Waals surface area contributed by atoms with Crippen LogP contribution < -0.4 is 0 Å². The van der Waals surface area contributed by atoms with Crippen LogP contribution in [0.1, 0.15) is 13.3 Å². The van der Waals surface area contributed by atoms with Crippen molar-refractivity contribution in [2.24, 2.45) is 11.8 Å². The zero-order valence-corrected chi connectivity index (χ0v) is 9.72. The van der Waals surface area contributed by atoms with Crippen molar-refractivity contribution in [1.29, 1.82) is 0 Å². The number of carboxylic acid groups (broad SMARTS) is 1. The van der Waals surface area contributed by atoms with Gasteiger partial charge in [-0.3, -0.25) is 4.79 Å². The van der Waals surface area contributed by atoms with Gasteiger partial charge >= 0.3 is 5.97 Å². The number of carbonyl (C=O) groups is 1. The minimum Gasteiger partial charge on any atom is -0.481 e. The third-order valence-corrected chi connectivity index (χ3v) is 3.60. The molecule has 0 aliphatic carbocycles. The van der Waals surface area contributed by atoms with Crippen molar-refractivity contribution in [2.45, 2.75) is 13.3 Å². The highest BCUT2D eigenvalue weighted by Crippen LogP contribution is 2.23. The molecule has 1 rings (SSSR count). The molecule has 0 aromatic heterocycles. The van der Waals surface area contributed by atoms with Crippen molar-refractivity contribution in [1.82, 2.24) is 4.90 Å². The molecule has 1 N–H and O–H groups in total. The number of thioether (sulfide) groups is 1. The first-order valence-electron chi connectivity index (χ1n) is 5.09. The molecule has 82 valence electrons. The molecule has 0 amide bonds. The average Bonchev–Trinajstić information content (AvgIpc) is 2.08. The molecule has 0 aromatic carbocycles. The zero-order valence-electron chi connectivity index (χ0n) is 8.90. The highest BCUT2D eigenvalue weighted by Gasteiger charge is 2.33. The largest absolute Gasteiger partial charge is 0.481 e. The maximum atomic E-state index is 10.7. The van der Waals surface area contributed by atoms with Crippen molar-refractivity contribution in [2.75, 3.05) is 31.6 Å². The first-order valence-corrected chi connectivity index (χ1v) is 6.48. The molecule has 0 spiro atoms. The summed E-state index contributed by atoms with van der Waals surface area (Å²) >= 11 is 1.87. The molecule has 0 bridgehead atoms. The molecular formula is C10H19NO2S. The molecule has 1 heterocycles. The number of nitrogens with zero attached hydrogens (tertiary/aromatic N) is 1. The Morgan fingerprint density at radius 2 is 2.29 bits per heavy atom. The van der Waals surface area contributed by atoms with E-state index in [-0.39, 0.29) is 5.92 Å². The molecule has 1 unspecified atom stereocenters. The number of likely N-dealkylation sites (tertiary alicyclic amines) is 1. The van der Waals surface area contributed by atoms with Crippen molar-refractivity contribution in [3.8, 4) is 0 Å². The second-order valence-corrected chi connectivity index (χ2v) is 4.98. The van der Waals surface area contributed by atoms with E-state index in [1.807, 2.05) is 18.7 Å².